The summed E-state index contributed by atoms with van der Waals surface area (Å²) in [5.74, 6) is 0.415. The summed E-state index contributed by atoms with van der Waals surface area (Å²) in [6, 6.07) is 14.1. The van der Waals surface area contributed by atoms with Crippen LogP contribution in [0.25, 0.3) is 0 Å². The average molecular weight is 394 g/mol. The van der Waals surface area contributed by atoms with Gasteiger partial charge in [0.05, 0.1) is 36.1 Å². The second-order valence-corrected chi connectivity index (χ2v) is 8.94. The van der Waals surface area contributed by atoms with Crippen molar-refractivity contribution in [1.29, 1.82) is 0 Å². The lowest BCUT2D eigenvalue weighted by atomic mass is 10.1. The highest BCUT2D eigenvalue weighted by Crippen LogP contribution is 2.32. The van der Waals surface area contributed by atoms with E-state index in [1.165, 1.54) is 7.11 Å². The number of ether oxygens (including phenoxy) is 1. The maximum atomic E-state index is 13.0. The van der Waals surface area contributed by atoms with Crippen LogP contribution in [0.2, 0.25) is 5.02 Å². The molecule has 0 bridgehead atoms. The van der Waals surface area contributed by atoms with E-state index in [0.717, 1.165) is 5.56 Å². The van der Waals surface area contributed by atoms with Gasteiger partial charge >= 0.3 is 0 Å². The number of amides is 1. The first-order valence-corrected chi connectivity index (χ1v) is 10.5. The quantitative estimate of drug-likeness (QED) is 0.783. The van der Waals surface area contributed by atoms with Gasteiger partial charge in [-0.25, -0.2) is 8.42 Å². The zero-order chi connectivity index (χ0) is 18.7. The number of hydrogen-bond acceptors (Lipinski definition) is 4. The minimum atomic E-state index is -3.13. The Hall–Kier alpha value is -2.05. The van der Waals surface area contributed by atoms with Crippen molar-refractivity contribution in [3.05, 3.63) is 59.1 Å². The number of carbonyl (C=O) groups excluding carboxylic acids is 1. The second-order valence-electron chi connectivity index (χ2n) is 6.30. The van der Waals surface area contributed by atoms with E-state index in [1.54, 1.807) is 23.1 Å². The molecule has 1 heterocycles. The third kappa shape index (κ3) is 4.19. The molecule has 1 atom stereocenters. The monoisotopic (exact) mass is 393 g/mol. The lowest BCUT2D eigenvalue weighted by molar-refractivity contribution is -0.118. The number of halogens is 1. The summed E-state index contributed by atoms with van der Waals surface area (Å²) in [6.07, 6.45) is 0.619. The summed E-state index contributed by atoms with van der Waals surface area (Å²) in [6.45, 7) is 0. The van der Waals surface area contributed by atoms with E-state index in [9.17, 15) is 13.2 Å². The molecule has 3 rings (SSSR count). The molecule has 26 heavy (non-hydrogen) atoms. The molecule has 1 aliphatic heterocycles. The minimum Gasteiger partial charge on any atom is -0.495 e. The number of sulfone groups is 1. The van der Waals surface area contributed by atoms with Gasteiger partial charge in [0.15, 0.2) is 9.84 Å². The number of methoxy groups -OCH3 is 1. The molecular weight excluding hydrogens is 374 g/mol. The second kappa shape index (κ2) is 7.68. The summed E-state index contributed by atoms with van der Waals surface area (Å²) in [4.78, 5) is 14.6. The van der Waals surface area contributed by atoms with Gasteiger partial charge in [-0.2, -0.15) is 0 Å². The fourth-order valence-corrected chi connectivity index (χ4v) is 5.15. The molecule has 1 amide bonds. The third-order valence-corrected chi connectivity index (χ3v) is 6.50. The third-order valence-electron chi connectivity index (χ3n) is 4.45. The van der Waals surface area contributed by atoms with Gasteiger partial charge in [0.1, 0.15) is 5.75 Å². The predicted molar refractivity (Wildman–Crippen MR) is 103 cm³/mol. The smallest absolute Gasteiger partial charge is 0.231 e. The van der Waals surface area contributed by atoms with Gasteiger partial charge < -0.3 is 9.64 Å². The Balaban J connectivity index is 1.94. The molecule has 0 radical (unpaired) electrons. The molecule has 2 aromatic carbocycles. The van der Waals surface area contributed by atoms with Gasteiger partial charge in [0.2, 0.25) is 5.91 Å². The van der Waals surface area contributed by atoms with Gasteiger partial charge in [-0.15, -0.1) is 0 Å². The first-order valence-electron chi connectivity index (χ1n) is 8.29. The van der Waals surface area contributed by atoms with Crippen molar-refractivity contribution >= 4 is 33.0 Å². The summed E-state index contributed by atoms with van der Waals surface area (Å²) in [5.41, 5.74) is 1.46. The molecule has 1 aliphatic rings. The van der Waals surface area contributed by atoms with Gasteiger partial charge in [-0.1, -0.05) is 41.9 Å². The number of hydrogen-bond donors (Lipinski definition) is 0. The highest BCUT2D eigenvalue weighted by Gasteiger charge is 2.35. The van der Waals surface area contributed by atoms with Crippen molar-refractivity contribution in [3.8, 4) is 5.75 Å². The lowest BCUT2D eigenvalue weighted by Gasteiger charge is -2.29. The lowest BCUT2D eigenvalue weighted by Crippen LogP contribution is -2.42. The zero-order valence-electron chi connectivity index (χ0n) is 14.4. The molecule has 5 nitrogen and oxygen atoms in total. The molecule has 138 valence electrons. The number of benzene rings is 2. The van der Waals surface area contributed by atoms with Gasteiger partial charge in [-0.05, 0) is 30.2 Å². The molecule has 0 saturated carbocycles. The number of rotatable bonds is 5. The van der Waals surface area contributed by atoms with E-state index in [0.29, 0.717) is 22.9 Å². The van der Waals surface area contributed by atoms with E-state index in [1.807, 2.05) is 30.3 Å². The molecular formula is C19H20ClNO4S. The van der Waals surface area contributed by atoms with Crippen LogP contribution in [0.4, 0.5) is 5.69 Å². The van der Waals surface area contributed by atoms with Crippen molar-refractivity contribution in [2.45, 2.75) is 18.9 Å². The molecule has 1 fully saturated rings. The molecule has 0 spiro atoms. The normalized spacial score (nSPS) is 18.5. The van der Waals surface area contributed by atoms with Crippen LogP contribution >= 0.6 is 11.6 Å². The first-order chi connectivity index (χ1) is 12.4. The van der Waals surface area contributed by atoms with Crippen LogP contribution in [0.3, 0.4) is 0 Å². The van der Waals surface area contributed by atoms with Crippen LogP contribution < -0.4 is 9.64 Å². The molecule has 0 N–H and O–H groups in total. The number of carbonyl (C=O) groups is 1. The Morgan fingerprint density at radius 3 is 2.54 bits per heavy atom. The zero-order valence-corrected chi connectivity index (χ0v) is 16.0. The molecule has 0 aliphatic carbocycles. The predicted octanol–water partition coefficient (Wildman–Crippen LogP) is 3.11. The Labute approximate surface area is 158 Å². The molecule has 7 heteroatoms. The van der Waals surface area contributed by atoms with Crippen molar-refractivity contribution in [2.24, 2.45) is 0 Å². The van der Waals surface area contributed by atoms with Crippen molar-refractivity contribution < 1.29 is 17.9 Å². The van der Waals surface area contributed by atoms with E-state index in [2.05, 4.69) is 0 Å². The SMILES string of the molecule is COc1ccc(N(C(=O)Cc2ccccc2)C2CCS(=O)(=O)C2)cc1Cl. The Morgan fingerprint density at radius 2 is 1.96 bits per heavy atom. The minimum absolute atomic E-state index is 0.0306. The van der Waals surface area contributed by atoms with Crippen LogP contribution in [0, 0.1) is 0 Å². The fraction of sp³-hybridized carbons (Fsp3) is 0.316. The maximum Gasteiger partial charge on any atom is 0.231 e. The van der Waals surface area contributed by atoms with Crippen LogP contribution in [-0.2, 0) is 21.1 Å². The van der Waals surface area contributed by atoms with E-state index in [-0.39, 0.29) is 29.9 Å². The molecule has 1 saturated heterocycles. The van der Waals surface area contributed by atoms with Crippen LogP contribution in [-0.4, -0.2) is 39.0 Å². The maximum absolute atomic E-state index is 13.0. The summed E-state index contributed by atoms with van der Waals surface area (Å²) in [5, 5.41) is 0.378. The van der Waals surface area contributed by atoms with Crippen molar-refractivity contribution in [3.63, 3.8) is 0 Å². The average Bonchev–Trinajstić information content (AvgIpc) is 2.95. The highest BCUT2D eigenvalue weighted by molar-refractivity contribution is 7.91. The van der Waals surface area contributed by atoms with Crippen molar-refractivity contribution in [2.75, 3.05) is 23.5 Å². The summed E-state index contributed by atoms with van der Waals surface area (Å²) < 4.78 is 29.0. The standard InChI is InChI=1S/C19H20ClNO4S/c1-25-18-8-7-15(12-17(18)20)21(16-9-10-26(23,24)13-16)19(22)11-14-5-3-2-4-6-14/h2-8,12,16H,9-11,13H2,1H3. The van der Waals surface area contributed by atoms with Crippen LogP contribution in [0.1, 0.15) is 12.0 Å². The Bertz CT molecular complexity index is 899. The van der Waals surface area contributed by atoms with Gasteiger partial charge in [0, 0.05) is 5.69 Å². The van der Waals surface area contributed by atoms with E-state index in [4.69, 9.17) is 16.3 Å². The van der Waals surface area contributed by atoms with Gasteiger partial charge in [-0.3, -0.25) is 4.79 Å². The largest absolute Gasteiger partial charge is 0.495 e. The number of anilines is 1. The highest BCUT2D eigenvalue weighted by atomic mass is 35.5. The van der Waals surface area contributed by atoms with Crippen LogP contribution in [0.5, 0.6) is 5.75 Å². The molecule has 2 aromatic rings. The topological polar surface area (TPSA) is 63.7 Å². The first kappa shape index (κ1) is 18.7. The molecule has 1 unspecified atom stereocenters. The van der Waals surface area contributed by atoms with Gasteiger partial charge in [0.25, 0.3) is 0 Å². The fourth-order valence-electron chi connectivity index (χ4n) is 3.20. The summed E-state index contributed by atoms with van der Waals surface area (Å²) >= 11 is 6.22. The number of nitrogens with zero attached hydrogens (tertiary/aromatic N) is 1. The van der Waals surface area contributed by atoms with Crippen LogP contribution in [0.15, 0.2) is 48.5 Å². The van der Waals surface area contributed by atoms with Crippen molar-refractivity contribution in [1.82, 2.24) is 0 Å². The van der Waals surface area contributed by atoms with E-state index >= 15 is 0 Å². The Morgan fingerprint density at radius 1 is 1.23 bits per heavy atom. The van der Waals surface area contributed by atoms with E-state index < -0.39 is 9.84 Å². The summed E-state index contributed by atoms with van der Waals surface area (Å²) in [7, 11) is -1.61. The Kier molecular flexibility index (Phi) is 5.53. The molecule has 0 aromatic heterocycles.